The molecular weight excluding hydrogens is 639 g/mol. The van der Waals surface area contributed by atoms with Gasteiger partial charge in [-0.2, -0.15) is 0 Å². The van der Waals surface area contributed by atoms with Gasteiger partial charge in [0.05, 0.1) is 37.9 Å². The van der Waals surface area contributed by atoms with Gasteiger partial charge in [0.1, 0.15) is 0 Å². The Labute approximate surface area is 300 Å². The maximum absolute atomic E-state index is 12.7. The Kier molecular flexibility index (Phi) is 34.2. The smallest absolute Gasteiger partial charge is 0.393 e. The molecule has 9 nitrogen and oxygen atoms in total. The molecule has 0 heterocycles. The lowest BCUT2D eigenvalue weighted by Gasteiger charge is -2.24. The van der Waals surface area contributed by atoms with Crippen LogP contribution in [0.15, 0.2) is 36.5 Å². The van der Waals surface area contributed by atoms with Gasteiger partial charge in [0.2, 0.25) is 5.91 Å². The van der Waals surface area contributed by atoms with Gasteiger partial charge in [-0.05, 0) is 57.8 Å². The maximum atomic E-state index is 12.7. The Morgan fingerprint density at radius 3 is 1.69 bits per heavy atom. The molecule has 0 radical (unpaired) electrons. The highest BCUT2D eigenvalue weighted by Gasteiger charge is 2.27. The summed E-state index contributed by atoms with van der Waals surface area (Å²) in [5.41, 5.74) is 5.34. The molecule has 4 atom stereocenters. The van der Waals surface area contributed by atoms with Crippen LogP contribution in [0.1, 0.15) is 168 Å². The molecule has 0 aromatic heterocycles. The zero-order valence-electron chi connectivity index (χ0n) is 31.3. The summed E-state index contributed by atoms with van der Waals surface area (Å²) in [5, 5.41) is 23.9. The third kappa shape index (κ3) is 33.6. The number of aliphatic hydroxyl groups excluding tert-OH is 2. The maximum Gasteiger partial charge on any atom is 0.472 e. The molecule has 0 aliphatic heterocycles. The van der Waals surface area contributed by atoms with Gasteiger partial charge < -0.3 is 26.2 Å². The van der Waals surface area contributed by atoms with Crippen LogP contribution in [0.4, 0.5) is 0 Å². The molecule has 0 fully saturated rings. The number of phosphoric acid groups is 1. The number of nitrogens with two attached hydrogens (primary N) is 1. The first-order valence-corrected chi connectivity index (χ1v) is 21.2. The molecule has 0 saturated heterocycles. The van der Waals surface area contributed by atoms with E-state index in [1.807, 2.05) is 6.08 Å². The van der Waals surface area contributed by atoms with Crippen molar-refractivity contribution < 1.29 is 33.5 Å². The molecule has 6 N–H and O–H groups in total. The van der Waals surface area contributed by atoms with Gasteiger partial charge in [-0.3, -0.25) is 13.8 Å². The standard InChI is InChI=1S/C39H75N2O7P/c1-3-5-7-9-11-13-15-16-17-18-19-21-23-25-27-29-31-38(43)37(35-48-49(45,46)47-33-32-40)41-39(44)34-36(42)30-28-26-24-22-20-14-12-10-8-6-4-2/h21-24,29,31,36-38,42-43H,3-20,25-28,30,32-35,40H2,1-2H3,(H,41,44)(H,45,46)/b23-21+,24-22-,31-29+. The van der Waals surface area contributed by atoms with Crippen LogP contribution in [-0.4, -0.2) is 59.0 Å². The van der Waals surface area contributed by atoms with Gasteiger partial charge in [0, 0.05) is 6.54 Å². The van der Waals surface area contributed by atoms with Crippen LogP contribution in [-0.2, 0) is 18.4 Å². The van der Waals surface area contributed by atoms with Crippen LogP contribution in [0.5, 0.6) is 0 Å². The molecule has 0 aromatic carbocycles. The molecule has 0 spiro atoms. The van der Waals surface area contributed by atoms with Crippen LogP contribution >= 0.6 is 7.82 Å². The summed E-state index contributed by atoms with van der Waals surface area (Å²) < 4.78 is 22.0. The summed E-state index contributed by atoms with van der Waals surface area (Å²) in [7, 11) is -4.40. The van der Waals surface area contributed by atoms with Gasteiger partial charge >= 0.3 is 7.82 Å². The quantitative estimate of drug-likeness (QED) is 0.0245. The largest absolute Gasteiger partial charge is 0.472 e. The molecule has 0 aliphatic carbocycles. The molecule has 0 bridgehead atoms. The van der Waals surface area contributed by atoms with Crippen molar-refractivity contribution in [3.63, 3.8) is 0 Å². The van der Waals surface area contributed by atoms with Gasteiger partial charge in [0.15, 0.2) is 0 Å². The summed E-state index contributed by atoms with van der Waals surface area (Å²) in [6.07, 6.45) is 36.6. The first-order valence-electron chi connectivity index (χ1n) is 19.7. The lowest BCUT2D eigenvalue weighted by molar-refractivity contribution is -0.124. The highest BCUT2D eigenvalue weighted by Crippen LogP contribution is 2.43. The van der Waals surface area contributed by atoms with Crippen molar-refractivity contribution in [2.24, 2.45) is 5.73 Å². The average Bonchev–Trinajstić information content (AvgIpc) is 3.07. The topological polar surface area (TPSA) is 151 Å². The zero-order chi connectivity index (χ0) is 36.3. The number of carbonyl (C=O) groups is 1. The van der Waals surface area contributed by atoms with E-state index in [0.29, 0.717) is 12.8 Å². The lowest BCUT2D eigenvalue weighted by Crippen LogP contribution is -2.46. The summed E-state index contributed by atoms with van der Waals surface area (Å²) >= 11 is 0. The van der Waals surface area contributed by atoms with E-state index in [9.17, 15) is 24.5 Å². The van der Waals surface area contributed by atoms with Gasteiger partial charge in [0.25, 0.3) is 0 Å². The highest BCUT2D eigenvalue weighted by molar-refractivity contribution is 7.47. The number of rotatable bonds is 36. The van der Waals surface area contributed by atoms with Crippen LogP contribution in [0, 0.1) is 0 Å². The molecule has 0 saturated carbocycles. The SMILES string of the molecule is CCCCCCCC/C=C\CCCC(O)CC(=O)NC(COP(=O)(O)OCCN)C(O)/C=C/CC/C=C/CCCCCCCCCCCC. The van der Waals surface area contributed by atoms with Crippen molar-refractivity contribution in [3.8, 4) is 0 Å². The molecule has 49 heavy (non-hydrogen) atoms. The Morgan fingerprint density at radius 1 is 0.694 bits per heavy atom. The predicted molar refractivity (Wildman–Crippen MR) is 204 cm³/mol. The van der Waals surface area contributed by atoms with E-state index in [2.05, 4.69) is 43.5 Å². The van der Waals surface area contributed by atoms with Crippen molar-refractivity contribution in [2.45, 2.75) is 186 Å². The first-order chi connectivity index (χ1) is 23.8. The number of unbranched alkanes of at least 4 members (excludes halogenated alkanes) is 18. The van der Waals surface area contributed by atoms with Crippen molar-refractivity contribution in [2.75, 3.05) is 19.8 Å². The normalized spacial score (nSPS) is 15.3. The second-order valence-corrected chi connectivity index (χ2v) is 14.8. The molecule has 10 heteroatoms. The van der Waals surface area contributed by atoms with Crippen LogP contribution in [0.3, 0.4) is 0 Å². The van der Waals surface area contributed by atoms with Crippen molar-refractivity contribution >= 4 is 13.7 Å². The number of phosphoric ester groups is 1. The Bertz CT molecular complexity index is 883. The summed E-state index contributed by atoms with van der Waals surface area (Å²) in [6, 6.07) is -1.00. The number of aliphatic hydroxyl groups is 2. The van der Waals surface area contributed by atoms with Crippen molar-refractivity contribution in [1.29, 1.82) is 0 Å². The van der Waals surface area contributed by atoms with Crippen LogP contribution in [0.25, 0.3) is 0 Å². The Hall–Kier alpha value is -1.32. The molecular formula is C39H75N2O7P. The molecule has 0 rings (SSSR count). The second kappa shape index (κ2) is 35.1. The molecule has 0 aromatic rings. The van der Waals surface area contributed by atoms with Gasteiger partial charge in [-0.25, -0.2) is 4.57 Å². The van der Waals surface area contributed by atoms with Crippen LogP contribution < -0.4 is 11.1 Å². The fourth-order valence-electron chi connectivity index (χ4n) is 5.48. The van der Waals surface area contributed by atoms with E-state index in [0.717, 1.165) is 32.1 Å². The van der Waals surface area contributed by atoms with E-state index in [4.69, 9.17) is 14.8 Å². The number of hydrogen-bond acceptors (Lipinski definition) is 7. The molecule has 4 unspecified atom stereocenters. The monoisotopic (exact) mass is 715 g/mol. The number of allylic oxidation sites excluding steroid dienone is 5. The third-order valence-electron chi connectivity index (χ3n) is 8.49. The fourth-order valence-corrected chi connectivity index (χ4v) is 6.24. The number of nitrogens with one attached hydrogen (secondary N) is 1. The summed E-state index contributed by atoms with van der Waals surface area (Å²) in [6.45, 7) is 3.90. The number of amides is 1. The Balaban J connectivity index is 4.51. The minimum Gasteiger partial charge on any atom is -0.393 e. The number of carbonyl (C=O) groups excluding carboxylic acids is 1. The van der Waals surface area contributed by atoms with E-state index in [1.54, 1.807) is 6.08 Å². The van der Waals surface area contributed by atoms with E-state index >= 15 is 0 Å². The second-order valence-electron chi connectivity index (χ2n) is 13.3. The average molecular weight is 715 g/mol. The van der Waals surface area contributed by atoms with E-state index < -0.39 is 38.6 Å². The minimum atomic E-state index is -4.40. The van der Waals surface area contributed by atoms with E-state index in [-0.39, 0.29) is 19.6 Å². The zero-order valence-corrected chi connectivity index (χ0v) is 32.2. The van der Waals surface area contributed by atoms with Crippen LogP contribution in [0.2, 0.25) is 0 Å². The van der Waals surface area contributed by atoms with Gasteiger partial charge in [-0.1, -0.05) is 140 Å². The first kappa shape index (κ1) is 47.7. The molecule has 288 valence electrons. The fraction of sp³-hybridized carbons (Fsp3) is 0.821. The lowest BCUT2D eigenvalue weighted by atomic mass is 10.1. The Morgan fingerprint density at radius 2 is 1.16 bits per heavy atom. The summed E-state index contributed by atoms with van der Waals surface area (Å²) in [4.78, 5) is 22.6. The van der Waals surface area contributed by atoms with Crippen molar-refractivity contribution in [3.05, 3.63) is 36.5 Å². The molecule has 0 aliphatic rings. The van der Waals surface area contributed by atoms with Crippen molar-refractivity contribution in [1.82, 2.24) is 5.32 Å². The molecule has 1 amide bonds. The third-order valence-corrected chi connectivity index (χ3v) is 9.48. The van der Waals surface area contributed by atoms with Gasteiger partial charge in [-0.15, -0.1) is 0 Å². The summed E-state index contributed by atoms with van der Waals surface area (Å²) in [5.74, 6) is -0.474. The number of hydrogen-bond donors (Lipinski definition) is 5. The minimum absolute atomic E-state index is 0.0416. The van der Waals surface area contributed by atoms with E-state index in [1.165, 1.54) is 103 Å². The predicted octanol–water partition coefficient (Wildman–Crippen LogP) is 9.36. The highest BCUT2D eigenvalue weighted by atomic mass is 31.2.